The summed E-state index contributed by atoms with van der Waals surface area (Å²) < 4.78 is 0. The van der Waals surface area contributed by atoms with E-state index in [0.29, 0.717) is 0 Å². The van der Waals surface area contributed by atoms with Gasteiger partial charge in [-0.15, -0.1) is 0 Å². The van der Waals surface area contributed by atoms with Gasteiger partial charge in [0, 0.05) is 14.1 Å². The molecule has 0 spiro atoms. The number of hydrazone groups is 1. The van der Waals surface area contributed by atoms with E-state index in [2.05, 4.69) is 11.7 Å². The van der Waals surface area contributed by atoms with Gasteiger partial charge in [0.15, 0.2) is 5.84 Å². The Morgan fingerprint density at radius 2 is 1.62 bits per heavy atom. The fourth-order valence-electron chi connectivity index (χ4n) is 1.04. The first-order valence-electron chi connectivity index (χ1n) is 4.20. The van der Waals surface area contributed by atoms with Crippen molar-refractivity contribution in [3.05, 3.63) is 23.3 Å². The van der Waals surface area contributed by atoms with Crippen LogP contribution in [0.5, 0.6) is 0 Å². The summed E-state index contributed by atoms with van der Waals surface area (Å²) in [5.74, 6) is 6.09. The SMILES string of the molecule is C=C(C)/C(C)=C(C)\C(=N/N)N(C)C. The molecule has 0 aromatic rings. The predicted octanol–water partition coefficient (Wildman–Crippen LogP) is 1.73. The first kappa shape index (κ1) is 11.8. The van der Waals surface area contributed by atoms with Crippen LogP contribution in [0, 0.1) is 0 Å². The van der Waals surface area contributed by atoms with E-state index in [1.165, 1.54) is 0 Å². The maximum Gasteiger partial charge on any atom is 0.150 e. The molecule has 0 atom stereocenters. The first-order chi connectivity index (χ1) is 5.91. The lowest BCUT2D eigenvalue weighted by atomic mass is 10.0. The van der Waals surface area contributed by atoms with Gasteiger partial charge < -0.3 is 10.7 Å². The number of nitrogens with two attached hydrogens (primary N) is 1. The number of likely N-dealkylation sites (N-methyl/N-ethyl adjacent to an activating group) is 1. The van der Waals surface area contributed by atoms with Crippen molar-refractivity contribution in [2.45, 2.75) is 20.8 Å². The minimum Gasteiger partial charge on any atom is -0.361 e. The molecule has 0 aliphatic carbocycles. The van der Waals surface area contributed by atoms with Gasteiger partial charge >= 0.3 is 0 Å². The van der Waals surface area contributed by atoms with Crippen LogP contribution in [0.25, 0.3) is 0 Å². The quantitative estimate of drug-likeness (QED) is 0.232. The van der Waals surface area contributed by atoms with Crippen molar-refractivity contribution in [3.63, 3.8) is 0 Å². The van der Waals surface area contributed by atoms with Gasteiger partial charge in [-0.25, -0.2) is 0 Å². The normalized spacial score (nSPS) is 13.8. The molecule has 3 nitrogen and oxygen atoms in total. The lowest BCUT2D eigenvalue weighted by Crippen LogP contribution is -2.25. The lowest BCUT2D eigenvalue weighted by Gasteiger charge is -2.17. The van der Waals surface area contributed by atoms with Crippen LogP contribution in [-0.4, -0.2) is 24.8 Å². The molecular formula is C10H19N3. The summed E-state index contributed by atoms with van der Waals surface area (Å²) in [6, 6.07) is 0. The summed E-state index contributed by atoms with van der Waals surface area (Å²) >= 11 is 0. The Morgan fingerprint density at radius 1 is 1.15 bits per heavy atom. The highest BCUT2D eigenvalue weighted by molar-refractivity contribution is 5.98. The molecule has 13 heavy (non-hydrogen) atoms. The van der Waals surface area contributed by atoms with Crippen LogP contribution in [-0.2, 0) is 0 Å². The zero-order chi connectivity index (χ0) is 10.6. The van der Waals surface area contributed by atoms with Crippen molar-refractivity contribution >= 4 is 5.84 Å². The van der Waals surface area contributed by atoms with Crippen LogP contribution in [0.3, 0.4) is 0 Å². The summed E-state index contributed by atoms with van der Waals surface area (Å²) in [6.45, 7) is 9.87. The molecule has 0 heterocycles. The van der Waals surface area contributed by atoms with Crippen LogP contribution in [0.4, 0.5) is 0 Å². The van der Waals surface area contributed by atoms with E-state index < -0.39 is 0 Å². The van der Waals surface area contributed by atoms with Crippen LogP contribution in [0.1, 0.15) is 20.8 Å². The Balaban J connectivity index is 5.06. The minimum atomic E-state index is 0.792. The highest BCUT2D eigenvalue weighted by Gasteiger charge is 2.07. The molecule has 0 fully saturated rings. The summed E-state index contributed by atoms with van der Waals surface area (Å²) in [4.78, 5) is 1.89. The number of rotatable bonds is 2. The second-order valence-corrected chi connectivity index (χ2v) is 3.38. The first-order valence-corrected chi connectivity index (χ1v) is 4.20. The van der Waals surface area contributed by atoms with E-state index in [0.717, 1.165) is 22.6 Å². The number of hydrogen-bond acceptors (Lipinski definition) is 2. The molecule has 0 bridgehead atoms. The number of allylic oxidation sites excluding steroid dienone is 2. The Kier molecular flexibility index (Phi) is 4.25. The second-order valence-electron chi connectivity index (χ2n) is 3.38. The van der Waals surface area contributed by atoms with E-state index in [4.69, 9.17) is 5.84 Å². The molecule has 0 unspecified atom stereocenters. The smallest absolute Gasteiger partial charge is 0.150 e. The van der Waals surface area contributed by atoms with Crippen LogP contribution in [0.2, 0.25) is 0 Å². The van der Waals surface area contributed by atoms with Crippen molar-refractivity contribution in [2.24, 2.45) is 10.9 Å². The van der Waals surface area contributed by atoms with Gasteiger partial charge in [-0.3, -0.25) is 0 Å². The maximum atomic E-state index is 5.30. The lowest BCUT2D eigenvalue weighted by molar-refractivity contribution is 0.618. The molecule has 0 aliphatic heterocycles. The van der Waals surface area contributed by atoms with E-state index in [1.54, 1.807) is 0 Å². The predicted molar refractivity (Wildman–Crippen MR) is 58.5 cm³/mol. The second kappa shape index (κ2) is 4.70. The molecule has 0 saturated heterocycles. The van der Waals surface area contributed by atoms with Crippen molar-refractivity contribution in [3.8, 4) is 0 Å². The standard InChI is InChI=1S/C10H19N3/c1-7(2)8(3)9(4)10(12-11)13(5)6/h1,11H2,2-6H3/b9-8-,12-10+. The van der Waals surface area contributed by atoms with Gasteiger partial charge in [0.2, 0.25) is 0 Å². The summed E-state index contributed by atoms with van der Waals surface area (Å²) in [6.07, 6.45) is 0. The molecule has 2 N–H and O–H groups in total. The Bertz CT molecular complexity index is 259. The third kappa shape index (κ3) is 2.93. The van der Waals surface area contributed by atoms with E-state index in [-0.39, 0.29) is 0 Å². The Morgan fingerprint density at radius 3 is 1.85 bits per heavy atom. The molecule has 0 radical (unpaired) electrons. The van der Waals surface area contributed by atoms with Gasteiger partial charge in [-0.2, -0.15) is 5.10 Å². The topological polar surface area (TPSA) is 41.6 Å². The van der Waals surface area contributed by atoms with Gasteiger partial charge in [0.05, 0.1) is 0 Å². The largest absolute Gasteiger partial charge is 0.361 e. The third-order valence-corrected chi connectivity index (χ3v) is 2.08. The van der Waals surface area contributed by atoms with Crippen molar-refractivity contribution in [1.82, 2.24) is 4.90 Å². The van der Waals surface area contributed by atoms with Gasteiger partial charge in [0.25, 0.3) is 0 Å². The van der Waals surface area contributed by atoms with Gasteiger partial charge in [0.1, 0.15) is 0 Å². The van der Waals surface area contributed by atoms with Gasteiger partial charge in [-0.1, -0.05) is 12.2 Å². The molecule has 0 aromatic carbocycles. The van der Waals surface area contributed by atoms with Gasteiger partial charge in [-0.05, 0) is 31.9 Å². The zero-order valence-corrected chi connectivity index (χ0v) is 9.18. The van der Waals surface area contributed by atoms with Crippen molar-refractivity contribution in [1.29, 1.82) is 0 Å². The highest BCUT2D eigenvalue weighted by Crippen LogP contribution is 2.13. The van der Waals surface area contributed by atoms with Crippen molar-refractivity contribution < 1.29 is 0 Å². The van der Waals surface area contributed by atoms with E-state index in [1.807, 2.05) is 39.8 Å². The third-order valence-electron chi connectivity index (χ3n) is 2.08. The summed E-state index contributed by atoms with van der Waals surface area (Å²) in [5, 5.41) is 3.73. The molecular weight excluding hydrogens is 162 g/mol. The molecule has 0 amide bonds. The van der Waals surface area contributed by atoms with E-state index in [9.17, 15) is 0 Å². The summed E-state index contributed by atoms with van der Waals surface area (Å²) in [5.41, 5.74) is 3.25. The fraction of sp³-hybridized carbons (Fsp3) is 0.500. The zero-order valence-electron chi connectivity index (χ0n) is 9.18. The maximum absolute atomic E-state index is 5.30. The van der Waals surface area contributed by atoms with Crippen LogP contribution >= 0.6 is 0 Å². The molecule has 0 aliphatic rings. The number of nitrogens with zero attached hydrogens (tertiary/aromatic N) is 2. The average molecular weight is 181 g/mol. The Hall–Kier alpha value is -1.25. The monoisotopic (exact) mass is 181 g/mol. The highest BCUT2D eigenvalue weighted by atomic mass is 15.2. The molecule has 0 aromatic heterocycles. The molecule has 74 valence electrons. The average Bonchev–Trinajstić information content (AvgIpc) is 2.03. The number of amidine groups is 1. The fourth-order valence-corrected chi connectivity index (χ4v) is 1.04. The van der Waals surface area contributed by atoms with Crippen LogP contribution in [0.15, 0.2) is 28.4 Å². The molecule has 0 saturated carbocycles. The number of hydrogen-bond donors (Lipinski definition) is 1. The van der Waals surface area contributed by atoms with E-state index >= 15 is 0 Å². The minimum absolute atomic E-state index is 0.792. The molecule has 0 rings (SSSR count). The van der Waals surface area contributed by atoms with Crippen molar-refractivity contribution in [2.75, 3.05) is 14.1 Å². The van der Waals surface area contributed by atoms with Crippen LogP contribution < -0.4 is 5.84 Å². The molecule has 3 heteroatoms. The summed E-state index contributed by atoms with van der Waals surface area (Å²) in [7, 11) is 3.84. The Labute approximate surface area is 80.6 Å².